The van der Waals surface area contributed by atoms with E-state index in [1.165, 1.54) is 0 Å². The fraction of sp³-hybridized carbons (Fsp3) is 0. The maximum absolute atomic E-state index is 10.8. The third-order valence-electron chi connectivity index (χ3n) is 7.92. The minimum Gasteiger partial charge on any atom is -0.507 e. The van der Waals surface area contributed by atoms with Crippen molar-refractivity contribution in [2.75, 3.05) is 0 Å². The molecule has 8 rings (SSSR count). The molecule has 0 radical (unpaired) electrons. The number of benzene rings is 6. The Balaban J connectivity index is 1.41. The second kappa shape index (κ2) is 9.72. The summed E-state index contributed by atoms with van der Waals surface area (Å²) in [6, 6.07) is 47.3. The molecule has 0 aliphatic heterocycles. The molecule has 4 heteroatoms. The average molecular weight is 540 g/mol. The summed E-state index contributed by atoms with van der Waals surface area (Å²) >= 11 is 0. The topological polar surface area (TPSA) is 50.9 Å². The summed E-state index contributed by atoms with van der Waals surface area (Å²) in [6.45, 7) is 0. The number of pyridine rings is 1. The van der Waals surface area contributed by atoms with Crippen LogP contribution in [0.15, 0.2) is 146 Å². The molecule has 0 aliphatic rings. The quantitative estimate of drug-likeness (QED) is 0.242. The Morgan fingerprint density at radius 3 is 2.12 bits per heavy atom. The van der Waals surface area contributed by atoms with Gasteiger partial charge < -0.3 is 5.11 Å². The maximum Gasteiger partial charge on any atom is 0.149 e. The lowest BCUT2D eigenvalue weighted by Crippen LogP contribution is -1.97. The van der Waals surface area contributed by atoms with Gasteiger partial charge in [-0.3, -0.25) is 9.55 Å². The van der Waals surface area contributed by atoms with Crippen LogP contribution in [-0.2, 0) is 0 Å². The highest BCUT2D eigenvalue weighted by Crippen LogP contribution is 2.40. The molecule has 2 heterocycles. The summed E-state index contributed by atoms with van der Waals surface area (Å²) in [5.74, 6) is 0.890. The molecule has 42 heavy (non-hydrogen) atoms. The number of phenolic OH excluding ortho intramolecular Hbond substituents is 1. The third kappa shape index (κ3) is 3.93. The van der Waals surface area contributed by atoms with Gasteiger partial charge in [0.05, 0.1) is 22.3 Å². The van der Waals surface area contributed by atoms with E-state index in [9.17, 15) is 5.11 Å². The molecule has 0 unspecified atom stereocenters. The van der Waals surface area contributed by atoms with Crippen molar-refractivity contribution in [3.05, 3.63) is 146 Å². The number of aromatic hydroxyl groups is 1. The minimum absolute atomic E-state index is 0.196. The predicted molar refractivity (Wildman–Crippen MR) is 172 cm³/mol. The zero-order valence-corrected chi connectivity index (χ0v) is 22.6. The molecular formula is C38H25N3O. The molecule has 0 saturated carbocycles. The smallest absolute Gasteiger partial charge is 0.149 e. The summed E-state index contributed by atoms with van der Waals surface area (Å²) in [5.41, 5.74) is 7.59. The first kappa shape index (κ1) is 24.1. The molecule has 0 fully saturated rings. The molecule has 8 aromatic rings. The lowest BCUT2D eigenvalue weighted by atomic mass is 9.94. The lowest BCUT2D eigenvalue weighted by Gasteiger charge is -2.12. The van der Waals surface area contributed by atoms with Gasteiger partial charge in [0.25, 0.3) is 0 Å². The van der Waals surface area contributed by atoms with E-state index in [2.05, 4.69) is 95.6 Å². The summed E-state index contributed by atoms with van der Waals surface area (Å²) in [5, 5.41) is 15.4. The van der Waals surface area contributed by atoms with Crippen LogP contribution in [0.1, 0.15) is 0 Å². The fourth-order valence-corrected chi connectivity index (χ4v) is 5.92. The first-order valence-corrected chi connectivity index (χ1v) is 14.0. The molecule has 1 N–H and O–H groups in total. The Labute approximate surface area is 242 Å². The van der Waals surface area contributed by atoms with Gasteiger partial charge in [0.1, 0.15) is 11.6 Å². The van der Waals surface area contributed by atoms with Gasteiger partial charge in [-0.1, -0.05) is 91.0 Å². The average Bonchev–Trinajstić information content (AvgIpc) is 3.44. The molecule has 0 atom stereocenters. The van der Waals surface area contributed by atoms with Crippen molar-refractivity contribution < 1.29 is 5.11 Å². The highest BCUT2D eigenvalue weighted by Gasteiger charge is 2.20. The van der Waals surface area contributed by atoms with Gasteiger partial charge in [-0.2, -0.15) is 0 Å². The molecule has 0 aliphatic carbocycles. The van der Waals surface area contributed by atoms with Crippen molar-refractivity contribution in [2.45, 2.75) is 0 Å². The third-order valence-corrected chi connectivity index (χ3v) is 7.92. The Kier molecular flexibility index (Phi) is 5.57. The first-order chi connectivity index (χ1) is 20.7. The highest BCUT2D eigenvalue weighted by molar-refractivity contribution is 6.04. The fourth-order valence-electron chi connectivity index (χ4n) is 5.92. The Morgan fingerprint density at radius 2 is 1.26 bits per heavy atom. The summed E-state index contributed by atoms with van der Waals surface area (Å²) < 4.78 is 2.13. The van der Waals surface area contributed by atoms with E-state index < -0.39 is 0 Å². The van der Waals surface area contributed by atoms with Gasteiger partial charge in [0.2, 0.25) is 0 Å². The van der Waals surface area contributed by atoms with E-state index in [1.54, 1.807) is 6.07 Å². The molecule has 6 aromatic carbocycles. The van der Waals surface area contributed by atoms with E-state index in [0.717, 1.165) is 60.6 Å². The normalized spacial score (nSPS) is 11.4. The second-order valence-electron chi connectivity index (χ2n) is 10.5. The molecule has 4 nitrogen and oxygen atoms in total. The SMILES string of the molecule is Oc1ccccc1-c1nc2c(-c3cc(-c4cc5ccccc5cn4)c4ccccc4c3)cccc2n1-c1ccccc1. The van der Waals surface area contributed by atoms with Crippen molar-refractivity contribution >= 4 is 32.6 Å². The van der Waals surface area contributed by atoms with Crippen LogP contribution in [0.5, 0.6) is 5.75 Å². The summed E-state index contributed by atoms with van der Waals surface area (Å²) in [7, 11) is 0. The number of nitrogens with zero attached hydrogens (tertiary/aromatic N) is 3. The van der Waals surface area contributed by atoms with Gasteiger partial charge in [-0.25, -0.2) is 4.98 Å². The standard InChI is InChI=1S/C38H25N3O/c42-36-20-9-8-17-32(36)38-40-37-31(18-10-19-35(37)41(38)29-14-2-1-3-15-29)28-21-26-12-6-7-16-30(26)33(22-28)34-23-25-11-4-5-13-27(25)24-39-34/h1-24,42H. The second-order valence-corrected chi connectivity index (χ2v) is 10.5. The zero-order valence-electron chi connectivity index (χ0n) is 22.6. The van der Waals surface area contributed by atoms with Crippen molar-refractivity contribution in [2.24, 2.45) is 0 Å². The first-order valence-electron chi connectivity index (χ1n) is 14.0. The van der Waals surface area contributed by atoms with Crippen LogP contribution in [0.3, 0.4) is 0 Å². The van der Waals surface area contributed by atoms with Gasteiger partial charge in [-0.05, 0) is 70.3 Å². The number of hydrogen-bond acceptors (Lipinski definition) is 3. The van der Waals surface area contributed by atoms with Crippen LogP contribution in [0.25, 0.3) is 72.0 Å². The van der Waals surface area contributed by atoms with Gasteiger partial charge >= 0.3 is 0 Å². The Bertz CT molecular complexity index is 2270. The molecule has 2 aromatic heterocycles. The van der Waals surface area contributed by atoms with Crippen molar-refractivity contribution in [3.8, 4) is 45.2 Å². The largest absolute Gasteiger partial charge is 0.507 e. The lowest BCUT2D eigenvalue weighted by molar-refractivity contribution is 0.477. The molecule has 0 saturated heterocycles. The van der Waals surface area contributed by atoms with Crippen LogP contribution < -0.4 is 0 Å². The van der Waals surface area contributed by atoms with Crippen LogP contribution in [0.4, 0.5) is 0 Å². The number of rotatable bonds is 4. The van der Waals surface area contributed by atoms with Crippen molar-refractivity contribution in [3.63, 3.8) is 0 Å². The Morgan fingerprint density at radius 1 is 0.548 bits per heavy atom. The van der Waals surface area contributed by atoms with Gasteiger partial charge in [-0.15, -0.1) is 0 Å². The number of hydrogen-bond donors (Lipinski definition) is 1. The van der Waals surface area contributed by atoms with Gasteiger partial charge in [0, 0.05) is 28.4 Å². The van der Waals surface area contributed by atoms with E-state index in [4.69, 9.17) is 9.97 Å². The van der Waals surface area contributed by atoms with Crippen LogP contribution in [0, 0.1) is 0 Å². The Hall–Kier alpha value is -5.74. The minimum atomic E-state index is 0.196. The molecular weight excluding hydrogens is 514 g/mol. The molecule has 0 spiro atoms. The highest BCUT2D eigenvalue weighted by atomic mass is 16.3. The zero-order chi connectivity index (χ0) is 28.0. The number of para-hydroxylation sites is 3. The number of aromatic nitrogens is 3. The van der Waals surface area contributed by atoms with Crippen molar-refractivity contribution in [1.29, 1.82) is 0 Å². The monoisotopic (exact) mass is 539 g/mol. The summed E-state index contributed by atoms with van der Waals surface area (Å²) in [6.07, 6.45) is 1.95. The van der Waals surface area contributed by atoms with Gasteiger partial charge in [0.15, 0.2) is 0 Å². The van der Waals surface area contributed by atoms with E-state index in [1.807, 2.05) is 48.7 Å². The van der Waals surface area contributed by atoms with Crippen molar-refractivity contribution in [1.82, 2.24) is 14.5 Å². The van der Waals surface area contributed by atoms with Crippen LogP contribution >= 0.6 is 0 Å². The van der Waals surface area contributed by atoms with Crippen LogP contribution in [0.2, 0.25) is 0 Å². The number of imidazole rings is 1. The maximum atomic E-state index is 10.8. The van der Waals surface area contributed by atoms with Crippen LogP contribution in [-0.4, -0.2) is 19.6 Å². The van der Waals surface area contributed by atoms with E-state index in [-0.39, 0.29) is 5.75 Å². The molecule has 0 amide bonds. The number of phenols is 1. The molecule has 198 valence electrons. The van der Waals surface area contributed by atoms with E-state index >= 15 is 0 Å². The van der Waals surface area contributed by atoms with E-state index in [0.29, 0.717) is 11.4 Å². The molecule has 0 bridgehead atoms. The predicted octanol–water partition coefficient (Wildman–Crippen LogP) is 9.43. The number of fused-ring (bicyclic) bond motifs is 3. The summed E-state index contributed by atoms with van der Waals surface area (Å²) in [4.78, 5) is 10.1.